The molecule has 36 heavy (non-hydrogen) atoms. The van der Waals surface area contributed by atoms with Gasteiger partial charge in [-0.15, -0.1) is 0 Å². The second kappa shape index (κ2) is 15.3. The molecule has 5 N–H and O–H groups in total. The third-order valence-corrected chi connectivity index (χ3v) is 5.39. The summed E-state index contributed by atoms with van der Waals surface area (Å²) in [4.78, 5) is 60.7. The van der Waals surface area contributed by atoms with Gasteiger partial charge in [-0.2, -0.15) is 5.26 Å². The highest BCUT2D eigenvalue weighted by atomic mass is 32.2. The van der Waals surface area contributed by atoms with Crippen LogP contribution in [0.1, 0.15) is 11.6 Å². The highest BCUT2D eigenvalue weighted by Gasteiger charge is 2.28. The van der Waals surface area contributed by atoms with Crippen LogP contribution in [0.3, 0.4) is 0 Å². The molecule has 15 heteroatoms. The van der Waals surface area contributed by atoms with Crippen LogP contribution in [0.5, 0.6) is 0 Å². The van der Waals surface area contributed by atoms with Gasteiger partial charge in [-0.3, -0.25) is 38.7 Å². The van der Waals surface area contributed by atoms with Gasteiger partial charge in [0.25, 0.3) is 0 Å². The molecular weight excluding hydrogens is 500 g/mol. The summed E-state index contributed by atoms with van der Waals surface area (Å²) in [5.41, 5.74) is 0.461. The van der Waals surface area contributed by atoms with Gasteiger partial charge in [0.05, 0.1) is 32.7 Å². The van der Waals surface area contributed by atoms with Crippen LogP contribution in [0.4, 0.5) is 0 Å². The van der Waals surface area contributed by atoms with E-state index in [1.165, 1.54) is 4.90 Å². The van der Waals surface area contributed by atoms with Crippen LogP contribution >= 0.6 is 11.8 Å². The topological polar surface area (TPSA) is 220 Å². The average Bonchev–Trinajstić information content (AvgIpc) is 2.74. The van der Waals surface area contributed by atoms with Gasteiger partial charge in [0.2, 0.25) is 0 Å². The van der Waals surface area contributed by atoms with Crippen LogP contribution in [0, 0.1) is 10.7 Å². The number of nitrogens with zero attached hydrogens (tertiary/aromatic N) is 4. The Balaban J connectivity index is 3.30. The summed E-state index contributed by atoms with van der Waals surface area (Å²) in [5.74, 6) is -6.42. The Hall–Kier alpha value is -3.71. The first-order valence-corrected chi connectivity index (χ1v) is 11.2. The van der Waals surface area contributed by atoms with Crippen molar-refractivity contribution in [2.45, 2.75) is 10.9 Å². The van der Waals surface area contributed by atoms with Gasteiger partial charge >= 0.3 is 29.8 Å². The second-order valence-electron chi connectivity index (χ2n) is 7.60. The van der Waals surface area contributed by atoms with Crippen LogP contribution in [0.2, 0.25) is 0 Å². The highest BCUT2D eigenvalue weighted by Crippen LogP contribution is 2.25. The van der Waals surface area contributed by atoms with E-state index >= 15 is 0 Å². The largest absolute Gasteiger partial charge is 0.480 e. The molecule has 0 aliphatic heterocycles. The molecule has 0 aliphatic carbocycles. The number of carbonyl (C=O) groups is 5. The molecule has 0 spiro atoms. The molecule has 1 aromatic rings. The van der Waals surface area contributed by atoms with Gasteiger partial charge < -0.3 is 25.5 Å². The Kier molecular flexibility index (Phi) is 12.9. The Labute approximate surface area is 209 Å². The molecule has 0 bridgehead atoms. The Bertz CT molecular complexity index is 950. The number of thiocyanates is 1. The van der Waals surface area contributed by atoms with Crippen molar-refractivity contribution in [3.8, 4) is 5.40 Å². The van der Waals surface area contributed by atoms with E-state index < -0.39 is 68.6 Å². The lowest BCUT2D eigenvalue weighted by Crippen LogP contribution is -2.47. The third kappa shape index (κ3) is 12.1. The molecule has 0 radical (unpaired) electrons. The maximum Gasteiger partial charge on any atom is 0.317 e. The first kappa shape index (κ1) is 30.3. The van der Waals surface area contributed by atoms with Crippen molar-refractivity contribution < 1.29 is 49.5 Å². The van der Waals surface area contributed by atoms with Gasteiger partial charge in [0, 0.05) is 30.6 Å². The maximum atomic E-state index is 11.5. The van der Waals surface area contributed by atoms with Crippen molar-refractivity contribution in [1.29, 1.82) is 5.26 Å². The predicted octanol–water partition coefficient (Wildman–Crippen LogP) is -0.370. The molecule has 196 valence electrons. The van der Waals surface area contributed by atoms with Crippen LogP contribution in [-0.2, 0) is 24.0 Å². The molecule has 0 saturated heterocycles. The van der Waals surface area contributed by atoms with Crippen LogP contribution in [0.25, 0.3) is 0 Å². The van der Waals surface area contributed by atoms with E-state index in [9.17, 15) is 39.3 Å². The zero-order chi connectivity index (χ0) is 27.3. The average molecular weight is 527 g/mol. The van der Waals surface area contributed by atoms with Gasteiger partial charge in [-0.05, 0) is 29.5 Å². The molecule has 0 fully saturated rings. The van der Waals surface area contributed by atoms with Crippen LogP contribution in [-0.4, -0.2) is 122 Å². The van der Waals surface area contributed by atoms with E-state index in [4.69, 9.17) is 15.5 Å². The number of aliphatic carboxylic acids is 5. The molecule has 1 unspecified atom stereocenters. The quantitative estimate of drug-likeness (QED) is 0.122. The first-order valence-electron chi connectivity index (χ1n) is 10.3. The summed E-state index contributed by atoms with van der Waals surface area (Å²) >= 11 is 0.883. The van der Waals surface area contributed by atoms with E-state index in [1.807, 2.05) is 5.40 Å². The molecule has 0 aliphatic rings. The monoisotopic (exact) mass is 526 g/mol. The lowest BCUT2D eigenvalue weighted by Gasteiger charge is -2.34. The zero-order valence-electron chi connectivity index (χ0n) is 19.0. The number of hydrogen-bond acceptors (Lipinski definition) is 10. The van der Waals surface area contributed by atoms with Crippen molar-refractivity contribution in [1.82, 2.24) is 14.7 Å². The number of nitriles is 1. The lowest BCUT2D eigenvalue weighted by atomic mass is 10.0. The van der Waals surface area contributed by atoms with E-state index in [0.29, 0.717) is 10.5 Å². The van der Waals surface area contributed by atoms with E-state index in [1.54, 1.807) is 24.3 Å². The minimum absolute atomic E-state index is 0.0975. The standard InChI is InChI=1S/C21H26N4O10S/c22-13-36-15-3-1-14(2-4-15)16(25(11-20(32)33)12-21(34)35)7-23(8-17(26)27)5-6-24(9-18(28)29)10-19(30)31/h1-4,16H,5-12H2,(H,26,27)(H,28,29)(H,30,31)(H,32,33)(H,34,35). The van der Waals surface area contributed by atoms with E-state index in [-0.39, 0.29) is 19.6 Å². The smallest absolute Gasteiger partial charge is 0.317 e. The normalized spacial score (nSPS) is 11.8. The predicted molar refractivity (Wildman–Crippen MR) is 123 cm³/mol. The molecule has 0 saturated carbocycles. The van der Waals surface area contributed by atoms with Crippen molar-refractivity contribution in [2.75, 3.05) is 52.4 Å². The molecule has 1 rings (SSSR count). The van der Waals surface area contributed by atoms with Crippen molar-refractivity contribution >= 4 is 41.6 Å². The molecule has 14 nitrogen and oxygen atoms in total. The minimum Gasteiger partial charge on any atom is -0.480 e. The van der Waals surface area contributed by atoms with E-state index in [0.717, 1.165) is 21.6 Å². The molecule has 1 aromatic carbocycles. The lowest BCUT2D eigenvalue weighted by molar-refractivity contribution is -0.144. The maximum absolute atomic E-state index is 11.5. The first-order chi connectivity index (χ1) is 16.9. The molecule has 0 amide bonds. The Morgan fingerprint density at radius 3 is 1.56 bits per heavy atom. The zero-order valence-corrected chi connectivity index (χ0v) is 19.8. The number of carboxylic acid groups (broad SMARTS) is 5. The Morgan fingerprint density at radius 1 is 0.722 bits per heavy atom. The summed E-state index contributed by atoms with van der Waals surface area (Å²) in [5, 5.41) is 56.8. The molecular formula is C21H26N4O10S. The second-order valence-corrected chi connectivity index (χ2v) is 8.46. The fourth-order valence-electron chi connectivity index (χ4n) is 3.42. The third-order valence-electron chi connectivity index (χ3n) is 4.79. The summed E-state index contributed by atoms with van der Waals surface area (Å²) in [6, 6.07) is 5.39. The minimum atomic E-state index is -1.31. The fraction of sp³-hybridized carbons (Fsp3) is 0.429. The summed E-state index contributed by atoms with van der Waals surface area (Å²) in [6.45, 7) is -3.48. The van der Waals surface area contributed by atoms with Gasteiger partial charge in [0.1, 0.15) is 5.40 Å². The summed E-state index contributed by atoms with van der Waals surface area (Å²) < 4.78 is 0. The molecule has 0 aromatic heterocycles. The number of carboxylic acids is 5. The van der Waals surface area contributed by atoms with E-state index in [2.05, 4.69) is 0 Å². The molecule has 0 heterocycles. The number of rotatable bonds is 18. The number of thioether (sulfide) groups is 1. The molecule has 1 atom stereocenters. The highest BCUT2D eigenvalue weighted by molar-refractivity contribution is 8.03. The van der Waals surface area contributed by atoms with Gasteiger partial charge in [-0.25, -0.2) is 0 Å². The van der Waals surface area contributed by atoms with Crippen molar-refractivity contribution in [2.24, 2.45) is 0 Å². The summed E-state index contributed by atoms with van der Waals surface area (Å²) in [7, 11) is 0. The number of hydrogen-bond donors (Lipinski definition) is 5. The van der Waals surface area contributed by atoms with Crippen molar-refractivity contribution in [3.05, 3.63) is 29.8 Å². The van der Waals surface area contributed by atoms with Crippen molar-refractivity contribution in [3.63, 3.8) is 0 Å². The van der Waals surface area contributed by atoms with Gasteiger partial charge in [0.15, 0.2) is 0 Å². The van der Waals surface area contributed by atoms with Crippen LogP contribution in [0.15, 0.2) is 29.2 Å². The fourth-order valence-corrected chi connectivity index (χ4v) is 3.79. The Morgan fingerprint density at radius 2 is 1.14 bits per heavy atom. The number of benzene rings is 1. The van der Waals surface area contributed by atoms with Gasteiger partial charge in [-0.1, -0.05) is 12.1 Å². The summed E-state index contributed by atoms with van der Waals surface area (Å²) in [6.07, 6.45) is 0. The van der Waals surface area contributed by atoms with Crippen LogP contribution < -0.4 is 0 Å². The SMILES string of the molecule is N#CSc1ccc(C(CN(CCN(CC(=O)O)CC(=O)O)CC(=O)O)N(CC(=O)O)CC(=O)O)cc1.